The molecule has 1 heterocycles. The summed E-state index contributed by atoms with van der Waals surface area (Å²) in [4.78, 5) is 0. The van der Waals surface area contributed by atoms with Gasteiger partial charge in [-0.25, -0.2) is 0 Å². The van der Waals surface area contributed by atoms with Gasteiger partial charge in [0.1, 0.15) is 5.75 Å². The average Bonchev–Trinajstić information content (AvgIpc) is 2.82. The minimum absolute atomic E-state index is 0.707. The lowest BCUT2D eigenvalue weighted by atomic mass is 10.1. The zero-order chi connectivity index (χ0) is 12.5. The Labute approximate surface area is 109 Å². The highest BCUT2D eigenvalue weighted by Crippen LogP contribution is 2.29. The lowest BCUT2D eigenvalue weighted by molar-refractivity contribution is 0.415. The van der Waals surface area contributed by atoms with Crippen molar-refractivity contribution in [3.05, 3.63) is 47.5 Å². The summed E-state index contributed by atoms with van der Waals surface area (Å²) in [6, 6.07) is 13.5. The Morgan fingerprint density at radius 3 is 2.61 bits per heavy atom. The highest BCUT2D eigenvalue weighted by atomic mass is 35.5. The maximum atomic E-state index is 6.02. The van der Waals surface area contributed by atoms with Crippen LogP contribution in [0.3, 0.4) is 0 Å². The van der Waals surface area contributed by atoms with Crippen LogP contribution in [-0.2, 0) is 0 Å². The van der Waals surface area contributed by atoms with Gasteiger partial charge >= 0.3 is 0 Å². The SMILES string of the molecule is COc1ccc(-c2n[nH]c3ccc(Cl)cc23)cc1. The number of ether oxygens (including phenoxy) is 1. The van der Waals surface area contributed by atoms with Gasteiger partial charge in [-0.1, -0.05) is 11.6 Å². The number of nitrogens with zero attached hydrogens (tertiary/aromatic N) is 1. The molecule has 0 fully saturated rings. The number of aromatic amines is 1. The van der Waals surface area contributed by atoms with E-state index in [0.717, 1.165) is 27.9 Å². The molecule has 90 valence electrons. The number of fused-ring (bicyclic) bond motifs is 1. The molecule has 0 spiro atoms. The van der Waals surface area contributed by atoms with Gasteiger partial charge in [0.25, 0.3) is 0 Å². The highest BCUT2D eigenvalue weighted by Gasteiger charge is 2.08. The van der Waals surface area contributed by atoms with E-state index in [9.17, 15) is 0 Å². The molecule has 2 aromatic carbocycles. The van der Waals surface area contributed by atoms with Crippen molar-refractivity contribution in [3.8, 4) is 17.0 Å². The smallest absolute Gasteiger partial charge is 0.118 e. The molecule has 0 amide bonds. The molecule has 1 aromatic heterocycles. The Morgan fingerprint density at radius 1 is 1.11 bits per heavy atom. The van der Waals surface area contributed by atoms with E-state index >= 15 is 0 Å². The number of benzene rings is 2. The first-order valence-corrected chi connectivity index (χ1v) is 5.94. The fourth-order valence-corrected chi connectivity index (χ4v) is 2.13. The van der Waals surface area contributed by atoms with Crippen LogP contribution in [0.15, 0.2) is 42.5 Å². The third-order valence-electron chi connectivity index (χ3n) is 2.89. The van der Waals surface area contributed by atoms with Gasteiger partial charge in [0, 0.05) is 16.0 Å². The molecule has 1 N–H and O–H groups in total. The van der Waals surface area contributed by atoms with Crippen molar-refractivity contribution in [2.75, 3.05) is 7.11 Å². The van der Waals surface area contributed by atoms with Gasteiger partial charge in [0.05, 0.1) is 18.3 Å². The second-order valence-electron chi connectivity index (χ2n) is 3.99. The van der Waals surface area contributed by atoms with Crippen LogP contribution in [0.4, 0.5) is 0 Å². The van der Waals surface area contributed by atoms with Gasteiger partial charge in [-0.15, -0.1) is 0 Å². The molecule has 0 saturated heterocycles. The average molecular weight is 259 g/mol. The number of nitrogens with one attached hydrogen (secondary N) is 1. The fraction of sp³-hybridized carbons (Fsp3) is 0.0714. The van der Waals surface area contributed by atoms with E-state index in [0.29, 0.717) is 5.02 Å². The molecule has 0 aliphatic carbocycles. The van der Waals surface area contributed by atoms with Crippen LogP contribution in [0, 0.1) is 0 Å². The number of aromatic nitrogens is 2. The highest BCUT2D eigenvalue weighted by molar-refractivity contribution is 6.31. The van der Waals surface area contributed by atoms with Crippen LogP contribution < -0.4 is 4.74 Å². The van der Waals surface area contributed by atoms with Crippen molar-refractivity contribution in [3.63, 3.8) is 0 Å². The molecule has 0 atom stereocenters. The molecule has 0 bridgehead atoms. The molecule has 18 heavy (non-hydrogen) atoms. The van der Waals surface area contributed by atoms with Crippen molar-refractivity contribution in [2.45, 2.75) is 0 Å². The van der Waals surface area contributed by atoms with Crippen LogP contribution >= 0.6 is 11.6 Å². The number of hydrogen-bond donors (Lipinski definition) is 1. The molecule has 3 rings (SSSR count). The van der Waals surface area contributed by atoms with Gasteiger partial charge in [-0.05, 0) is 42.5 Å². The van der Waals surface area contributed by atoms with Crippen molar-refractivity contribution in [1.82, 2.24) is 10.2 Å². The summed E-state index contributed by atoms with van der Waals surface area (Å²) in [6.07, 6.45) is 0. The third-order valence-corrected chi connectivity index (χ3v) is 3.12. The minimum atomic E-state index is 0.707. The van der Waals surface area contributed by atoms with Crippen molar-refractivity contribution in [1.29, 1.82) is 0 Å². The second kappa shape index (κ2) is 4.35. The molecule has 0 saturated carbocycles. The van der Waals surface area contributed by atoms with Gasteiger partial charge in [-0.3, -0.25) is 5.10 Å². The molecule has 4 heteroatoms. The maximum Gasteiger partial charge on any atom is 0.118 e. The van der Waals surface area contributed by atoms with E-state index < -0.39 is 0 Å². The van der Waals surface area contributed by atoms with E-state index in [1.54, 1.807) is 7.11 Å². The summed E-state index contributed by atoms with van der Waals surface area (Å²) in [5, 5.41) is 9.07. The number of H-pyrrole nitrogens is 1. The van der Waals surface area contributed by atoms with E-state index in [2.05, 4.69) is 10.2 Å². The van der Waals surface area contributed by atoms with Gasteiger partial charge in [0.15, 0.2) is 0 Å². The lowest BCUT2D eigenvalue weighted by Crippen LogP contribution is -1.83. The van der Waals surface area contributed by atoms with E-state index in [-0.39, 0.29) is 0 Å². The van der Waals surface area contributed by atoms with Gasteiger partial charge in [-0.2, -0.15) is 5.10 Å². The summed E-state index contributed by atoms with van der Waals surface area (Å²) in [5.74, 6) is 0.830. The predicted octanol–water partition coefficient (Wildman–Crippen LogP) is 3.89. The Kier molecular flexibility index (Phi) is 2.68. The van der Waals surface area contributed by atoms with E-state index in [4.69, 9.17) is 16.3 Å². The number of methoxy groups -OCH3 is 1. The molecule has 3 aromatic rings. The van der Waals surface area contributed by atoms with E-state index in [1.807, 2.05) is 42.5 Å². The van der Waals surface area contributed by atoms with Gasteiger partial charge in [0.2, 0.25) is 0 Å². The van der Waals surface area contributed by atoms with Crippen LogP contribution in [-0.4, -0.2) is 17.3 Å². The molecule has 3 nitrogen and oxygen atoms in total. The summed E-state index contributed by atoms with van der Waals surface area (Å²) in [6.45, 7) is 0. The Bertz CT molecular complexity index is 689. The van der Waals surface area contributed by atoms with Crippen LogP contribution in [0.5, 0.6) is 5.75 Å². The van der Waals surface area contributed by atoms with Crippen molar-refractivity contribution < 1.29 is 4.74 Å². The Hall–Kier alpha value is -2.00. The van der Waals surface area contributed by atoms with Crippen LogP contribution in [0.2, 0.25) is 5.02 Å². The first kappa shape index (κ1) is 11.1. The minimum Gasteiger partial charge on any atom is -0.497 e. The number of rotatable bonds is 2. The largest absolute Gasteiger partial charge is 0.497 e. The van der Waals surface area contributed by atoms with Gasteiger partial charge < -0.3 is 4.74 Å². The zero-order valence-corrected chi connectivity index (χ0v) is 10.5. The first-order chi connectivity index (χ1) is 8.78. The topological polar surface area (TPSA) is 37.9 Å². The molecule has 0 radical (unpaired) electrons. The summed E-state index contributed by atoms with van der Waals surface area (Å²) in [5.41, 5.74) is 2.91. The second-order valence-corrected chi connectivity index (χ2v) is 4.43. The molecular weight excluding hydrogens is 248 g/mol. The quantitative estimate of drug-likeness (QED) is 0.757. The van der Waals surface area contributed by atoms with E-state index in [1.165, 1.54) is 0 Å². The third kappa shape index (κ3) is 1.83. The standard InChI is InChI=1S/C14H11ClN2O/c1-18-11-5-2-9(3-6-11)14-12-8-10(15)4-7-13(12)16-17-14/h2-8H,1H3,(H,16,17). The van der Waals surface area contributed by atoms with Crippen LogP contribution in [0.1, 0.15) is 0 Å². The lowest BCUT2D eigenvalue weighted by Gasteiger charge is -2.01. The predicted molar refractivity (Wildman–Crippen MR) is 73.1 cm³/mol. The normalized spacial score (nSPS) is 10.8. The van der Waals surface area contributed by atoms with Crippen LogP contribution in [0.25, 0.3) is 22.2 Å². The van der Waals surface area contributed by atoms with Crippen molar-refractivity contribution in [2.24, 2.45) is 0 Å². The van der Waals surface area contributed by atoms with Crippen molar-refractivity contribution >= 4 is 22.5 Å². The molecule has 0 aliphatic heterocycles. The Morgan fingerprint density at radius 2 is 1.89 bits per heavy atom. The monoisotopic (exact) mass is 258 g/mol. The maximum absolute atomic E-state index is 6.02. The fourth-order valence-electron chi connectivity index (χ4n) is 1.96. The molecular formula is C14H11ClN2O. The summed E-state index contributed by atoms with van der Waals surface area (Å²) < 4.78 is 5.14. The first-order valence-electron chi connectivity index (χ1n) is 5.56. The number of halogens is 1. The molecule has 0 aliphatic rings. The Balaban J connectivity index is 2.15. The summed E-state index contributed by atoms with van der Waals surface area (Å²) in [7, 11) is 1.65. The zero-order valence-electron chi connectivity index (χ0n) is 9.77. The molecule has 0 unspecified atom stereocenters. The summed E-state index contributed by atoms with van der Waals surface area (Å²) >= 11 is 6.02. The number of hydrogen-bond acceptors (Lipinski definition) is 2.